The highest BCUT2D eigenvalue weighted by Gasteiger charge is 1.98. The van der Waals surface area contributed by atoms with E-state index in [1.165, 1.54) is 5.70 Å². The monoisotopic (exact) mass is 188 g/mol. The standard InChI is InChI=1S/C12H16N2/c1-10(13)8-9-11(2)14-12-6-4-3-5-7-12/h3-4,6,8-9,14H,1-2,5,7,13H2/b9-8-. The van der Waals surface area contributed by atoms with Crippen molar-refractivity contribution in [3.05, 3.63) is 60.6 Å². The molecule has 0 bridgehead atoms. The van der Waals surface area contributed by atoms with Gasteiger partial charge in [-0.05, 0) is 31.1 Å². The van der Waals surface area contributed by atoms with Gasteiger partial charge in [-0.2, -0.15) is 0 Å². The van der Waals surface area contributed by atoms with Crippen LogP contribution in [0.1, 0.15) is 12.8 Å². The van der Waals surface area contributed by atoms with Crippen molar-refractivity contribution in [3.63, 3.8) is 0 Å². The van der Waals surface area contributed by atoms with Gasteiger partial charge < -0.3 is 11.1 Å². The van der Waals surface area contributed by atoms with Gasteiger partial charge in [0, 0.05) is 17.1 Å². The lowest BCUT2D eigenvalue weighted by molar-refractivity contribution is 0.852. The van der Waals surface area contributed by atoms with E-state index in [1.54, 1.807) is 6.08 Å². The fourth-order valence-electron chi connectivity index (χ4n) is 1.16. The van der Waals surface area contributed by atoms with Gasteiger partial charge in [-0.1, -0.05) is 25.3 Å². The Labute approximate surface area is 85.2 Å². The van der Waals surface area contributed by atoms with Gasteiger partial charge in [0.1, 0.15) is 0 Å². The van der Waals surface area contributed by atoms with E-state index in [1.807, 2.05) is 12.2 Å². The molecule has 1 aliphatic rings. The molecule has 1 rings (SSSR count). The minimum Gasteiger partial charge on any atom is -0.399 e. The first-order valence-corrected chi connectivity index (χ1v) is 4.62. The van der Waals surface area contributed by atoms with Gasteiger partial charge >= 0.3 is 0 Å². The zero-order valence-electron chi connectivity index (χ0n) is 8.29. The maximum absolute atomic E-state index is 5.40. The zero-order valence-corrected chi connectivity index (χ0v) is 8.29. The summed E-state index contributed by atoms with van der Waals surface area (Å²) in [5.41, 5.74) is 7.95. The third-order valence-electron chi connectivity index (χ3n) is 1.83. The first kappa shape index (κ1) is 10.4. The van der Waals surface area contributed by atoms with Crippen LogP contribution in [0.25, 0.3) is 0 Å². The first-order chi connectivity index (χ1) is 6.68. The normalized spacial score (nSPS) is 15.3. The third-order valence-corrected chi connectivity index (χ3v) is 1.83. The Balaban J connectivity index is 2.44. The summed E-state index contributed by atoms with van der Waals surface area (Å²) >= 11 is 0. The summed E-state index contributed by atoms with van der Waals surface area (Å²) in [6.07, 6.45) is 11.9. The summed E-state index contributed by atoms with van der Waals surface area (Å²) in [5.74, 6) is 0. The van der Waals surface area contributed by atoms with Crippen molar-refractivity contribution in [2.75, 3.05) is 0 Å². The van der Waals surface area contributed by atoms with Crippen LogP contribution in [0.4, 0.5) is 0 Å². The van der Waals surface area contributed by atoms with E-state index >= 15 is 0 Å². The Bertz CT molecular complexity index is 319. The molecular formula is C12H16N2. The smallest absolute Gasteiger partial charge is 0.0309 e. The molecule has 0 amide bonds. The van der Waals surface area contributed by atoms with E-state index in [-0.39, 0.29) is 0 Å². The number of nitrogens with two attached hydrogens (primary N) is 1. The molecule has 0 aromatic carbocycles. The Kier molecular flexibility index (Phi) is 3.80. The van der Waals surface area contributed by atoms with Gasteiger partial charge in [-0.15, -0.1) is 0 Å². The van der Waals surface area contributed by atoms with Gasteiger partial charge in [0.25, 0.3) is 0 Å². The predicted octanol–water partition coefficient (Wildman–Crippen LogP) is 2.35. The van der Waals surface area contributed by atoms with Crippen LogP contribution in [0, 0.1) is 0 Å². The molecule has 14 heavy (non-hydrogen) atoms. The van der Waals surface area contributed by atoms with Crippen molar-refractivity contribution in [2.45, 2.75) is 12.8 Å². The molecule has 0 aromatic heterocycles. The van der Waals surface area contributed by atoms with Gasteiger partial charge in [0.15, 0.2) is 0 Å². The largest absolute Gasteiger partial charge is 0.399 e. The molecule has 0 radical (unpaired) electrons. The zero-order chi connectivity index (χ0) is 10.4. The van der Waals surface area contributed by atoms with Crippen LogP contribution < -0.4 is 11.1 Å². The summed E-state index contributed by atoms with van der Waals surface area (Å²) in [6.45, 7) is 7.43. The molecule has 74 valence electrons. The lowest BCUT2D eigenvalue weighted by atomic mass is 10.1. The highest BCUT2D eigenvalue weighted by atomic mass is 14.9. The molecule has 2 heteroatoms. The second-order valence-corrected chi connectivity index (χ2v) is 3.22. The van der Waals surface area contributed by atoms with Crippen LogP contribution in [-0.2, 0) is 0 Å². The maximum Gasteiger partial charge on any atom is 0.0309 e. The Hall–Kier alpha value is -1.70. The molecule has 1 aliphatic carbocycles. The van der Waals surface area contributed by atoms with Gasteiger partial charge in [0.2, 0.25) is 0 Å². The average molecular weight is 188 g/mol. The fraction of sp³-hybridized carbons (Fsp3) is 0.167. The first-order valence-electron chi connectivity index (χ1n) is 4.62. The maximum atomic E-state index is 5.40. The van der Waals surface area contributed by atoms with Crippen molar-refractivity contribution >= 4 is 0 Å². The molecule has 3 N–H and O–H groups in total. The Morgan fingerprint density at radius 1 is 1.43 bits per heavy atom. The van der Waals surface area contributed by atoms with Crippen LogP contribution in [0.5, 0.6) is 0 Å². The summed E-state index contributed by atoms with van der Waals surface area (Å²) in [4.78, 5) is 0. The lowest BCUT2D eigenvalue weighted by Gasteiger charge is -2.11. The second-order valence-electron chi connectivity index (χ2n) is 3.22. The molecular weight excluding hydrogens is 172 g/mol. The Morgan fingerprint density at radius 2 is 2.21 bits per heavy atom. The average Bonchev–Trinajstić information content (AvgIpc) is 2.16. The molecule has 0 aliphatic heterocycles. The number of nitrogens with one attached hydrogen (secondary N) is 1. The Morgan fingerprint density at radius 3 is 2.79 bits per heavy atom. The van der Waals surface area contributed by atoms with E-state index in [4.69, 9.17) is 5.73 Å². The molecule has 0 heterocycles. The summed E-state index contributed by atoms with van der Waals surface area (Å²) in [5, 5.41) is 3.21. The van der Waals surface area contributed by atoms with Crippen LogP contribution in [0.15, 0.2) is 60.6 Å². The number of rotatable bonds is 4. The minimum absolute atomic E-state index is 0.533. The molecule has 0 aromatic rings. The predicted molar refractivity (Wildman–Crippen MR) is 61.2 cm³/mol. The van der Waals surface area contributed by atoms with Crippen molar-refractivity contribution in [3.8, 4) is 0 Å². The summed E-state index contributed by atoms with van der Waals surface area (Å²) in [7, 11) is 0. The summed E-state index contributed by atoms with van der Waals surface area (Å²) in [6, 6.07) is 0. The van der Waals surface area contributed by atoms with Crippen molar-refractivity contribution in [2.24, 2.45) is 5.73 Å². The topological polar surface area (TPSA) is 38.0 Å². The highest BCUT2D eigenvalue weighted by molar-refractivity contribution is 5.26. The second kappa shape index (κ2) is 5.12. The lowest BCUT2D eigenvalue weighted by Crippen LogP contribution is -2.11. The number of hydrogen-bond acceptors (Lipinski definition) is 2. The van der Waals surface area contributed by atoms with Crippen LogP contribution in [0.3, 0.4) is 0 Å². The van der Waals surface area contributed by atoms with Crippen molar-refractivity contribution in [1.82, 2.24) is 5.32 Å². The molecule has 0 atom stereocenters. The highest BCUT2D eigenvalue weighted by Crippen LogP contribution is 2.10. The number of allylic oxidation sites excluding steroid dienone is 6. The van der Waals surface area contributed by atoms with E-state index in [9.17, 15) is 0 Å². The van der Waals surface area contributed by atoms with Crippen LogP contribution in [0.2, 0.25) is 0 Å². The number of hydrogen-bond donors (Lipinski definition) is 2. The SMILES string of the molecule is C=C(N)/C=C\C(=C)NC1=CC=CCC1. The van der Waals surface area contributed by atoms with Gasteiger partial charge in [0.05, 0.1) is 0 Å². The molecule has 0 spiro atoms. The molecule has 0 fully saturated rings. The van der Waals surface area contributed by atoms with Crippen molar-refractivity contribution in [1.29, 1.82) is 0 Å². The van der Waals surface area contributed by atoms with Crippen LogP contribution in [-0.4, -0.2) is 0 Å². The van der Waals surface area contributed by atoms with E-state index < -0.39 is 0 Å². The molecule has 0 saturated carbocycles. The minimum atomic E-state index is 0.533. The quantitative estimate of drug-likeness (QED) is 0.665. The van der Waals surface area contributed by atoms with E-state index in [0.717, 1.165) is 18.5 Å². The molecule has 2 nitrogen and oxygen atoms in total. The van der Waals surface area contributed by atoms with Gasteiger partial charge in [-0.3, -0.25) is 0 Å². The third kappa shape index (κ3) is 3.81. The van der Waals surface area contributed by atoms with Gasteiger partial charge in [-0.25, -0.2) is 0 Å². The van der Waals surface area contributed by atoms with E-state index in [0.29, 0.717) is 5.70 Å². The summed E-state index contributed by atoms with van der Waals surface area (Å²) < 4.78 is 0. The molecule has 0 saturated heterocycles. The molecule has 0 unspecified atom stereocenters. The van der Waals surface area contributed by atoms with Crippen LogP contribution >= 0.6 is 0 Å². The van der Waals surface area contributed by atoms with Crippen molar-refractivity contribution < 1.29 is 0 Å². The van der Waals surface area contributed by atoms with E-state index in [2.05, 4.69) is 30.6 Å². The fourth-order valence-corrected chi connectivity index (χ4v) is 1.16.